The molecule has 0 radical (unpaired) electrons. The zero-order chi connectivity index (χ0) is 14.5. The van der Waals surface area contributed by atoms with Crippen LogP contribution in [-0.4, -0.2) is 17.1 Å². The van der Waals surface area contributed by atoms with Crippen LogP contribution in [0.2, 0.25) is 0 Å². The highest BCUT2D eigenvalue weighted by molar-refractivity contribution is 5.71. The van der Waals surface area contributed by atoms with Crippen molar-refractivity contribution in [3.8, 4) is 11.5 Å². The molecule has 0 aliphatic heterocycles. The van der Waals surface area contributed by atoms with Crippen molar-refractivity contribution in [3.05, 3.63) is 63.7 Å². The second-order valence-corrected chi connectivity index (χ2v) is 4.11. The Morgan fingerprint density at radius 1 is 1.10 bits per heavy atom. The summed E-state index contributed by atoms with van der Waals surface area (Å²) in [6.45, 7) is 0. The molecule has 0 amide bonds. The molecule has 5 nitrogen and oxygen atoms in total. The van der Waals surface area contributed by atoms with E-state index in [4.69, 9.17) is 4.74 Å². The molecule has 0 atom stereocenters. The molecule has 0 bridgehead atoms. The van der Waals surface area contributed by atoms with Crippen molar-refractivity contribution in [1.29, 1.82) is 0 Å². The highest BCUT2D eigenvalue weighted by Crippen LogP contribution is 2.27. The SMILES string of the molecule is COc1ccc(/C=C/c2ccc([N+](=O)[O-])c(O)c2)cc1. The molecule has 0 saturated carbocycles. The summed E-state index contributed by atoms with van der Waals surface area (Å²) >= 11 is 0. The average molecular weight is 271 g/mol. The summed E-state index contributed by atoms with van der Waals surface area (Å²) in [6, 6.07) is 11.7. The van der Waals surface area contributed by atoms with Gasteiger partial charge in [-0.05, 0) is 35.4 Å². The summed E-state index contributed by atoms with van der Waals surface area (Å²) in [6.07, 6.45) is 3.62. The van der Waals surface area contributed by atoms with Gasteiger partial charge in [0.1, 0.15) is 5.75 Å². The lowest BCUT2D eigenvalue weighted by molar-refractivity contribution is -0.385. The van der Waals surface area contributed by atoms with Gasteiger partial charge in [0, 0.05) is 6.07 Å². The lowest BCUT2D eigenvalue weighted by Gasteiger charge is -2.00. The van der Waals surface area contributed by atoms with Crippen LogP contribution in [0.4, 0.5) is 5.69 Å². The molecule has 0 fully saturated rings. The molecule has 0 aromatic heterocycles. The van der Waals surface area contributed by atoms with Crippen LogP contribution < -0.4 is 4.74 Å². The monoisotopic (exact) mass is 271 g/mol. The number of phenols is 1. The Hall–Kier alpha value is -2.82. The molecule has 0 unspecified atom stereocenters. The minimum Gasteiger partial charge on any atom is -0.502 e. The molecule has 2 aromatic rings. The lowest BCUT2D eigenvalue weighted by Crippen LogP contribution is -1.88. The van der Waals surface area contributed by atoms with E-state index in [-0.39, 0.29) is 11.4 Å². The van der Waals surface area contributed by atoms with Crippen LogP contribution in [0.3, 0.4) is 0 Å². The Bertz CT molecular complexity index is 647. The minimum atomic E-state index is -0.619. The zero-order valence-electron chi connectivity index (χ0n) is 10.8. The van der Waals surface area contributed by atoms with E-state index in [9.17, 15) is 15.2 Å². The van der Waals surface area contributed by atoms with Gasteiger partial charge in [0.25, 0.3) is 0 Å². The second-order valence-electron chi connectivity index (χ2n) is 4.11. The number of rotatable bonds is 4. The van der Waals surface area contributed by atoms with Crippen LogP contribution in [0.15, 0.2) is 42.5 Å². The molecule has 0 aliphatic carbocycles. The summed E-state index contributed by atoms with van der Waals surface area (Å²) in [5.41, 5.74) is 1.35. The van der Waals surface area contributed by atoms with Crippen molar-refractivity contribution in [2.24, 2.45) is 0 Å². The number of hydrogen-bond donors (Lipinski definition) is 1. The third kappa shape index (κ3) is 3.14. The van der Waals surface area contributed by atoms with Crippen molar-refractivity contribution in [2.45, 2.75) is 0 Å². The Morgan fingerprint density at radius 3 is 2.25 bits per heavy atom. The van der Waals surface area contributed by atoms with Crippen molar-refractivity contribution in [3.63, 3.8) is 0 Å². The fourth-order valence-electron chi connectivity index (χ4n) is 1.71. The molecule has 1 N–H and O–H groups in total. The fraction of sp³-hybridized carbons (Fsp3) is 0.0667. The van der Waals surface area contributed by atoms with Gasteiger partial charge in [-0.25, -0.2) is 0 Å². The van der Waals surface area contributed by atoms with Crippen molar-refractivity contribution in [1.82, 2.24) is 0 Å². The van der Waals surface area contributed by atoms with E-state index in [1.54, 1.807) is 19.3 Å². The molecule has 2 aromatic carbocycles. The molecule has 0 spiro atoms. The molecular weight excluding hydrogens is 258 g/mol. The molecular formula is C15H13NO4. The van der Waals surface area contributed by atoms with Crippen LogP contribution in [0, 0.1) is 10.1 Å². The number of nitro benzene ring substituents is 1. The molecule has 0 aliphatic rings. The van der Waals surface area contributed by atoms with Crippen molar-refractivity contribution < 1.29 is 14.8 Å². The predicted octanol–water partition coefficient (Wildman–Crippen LogP) is 3.48. The van der Waals surface area contributed by atoms with Gasteiger partial charge in [0.15, 0.2) is 5.75 Å². The Labute approximate surface area is 115 Å². The number of aromatic hydroxyl groups is 1. The smallest absolute Gasteiger partial charge is 0.310 e. The summed E-state index contributed by atoms with van der Waals surface area (Å²) < 4.78 is 5.06. The van der Waals surface area contributed by atoms with Gasteiger partial charge in [0.2, 0.25) is 0 Å². The first kappa shape index (κ1) is 13.6. The summed E-state index contributed by atoms with van der Waals surface area (Å²) in [5.74, 6) is 0.432. The van der Waals surface area contributed by atoms with E-state index >= 15 is 0 Å². The first-order chi connectivity index (χ1) is 9.60. The normalized spacial score (nSPS) is 10.7. The molecule has 20 heavy (non-hydrogen) atoms. The van der Waals surface area contributed by atoms with Crippen molar-refractivity contribution in [2.75, 3.05) is 7.11 Å². The van der Waals surface area contributed by atoms with Crippen LogP contribution in [-0.2, 0) is 0 Å². The largest absolute Gasteiger partial charge is 0.502 e. The molecule has 0 heterocycles. The zero-order valence-corrected chi connectivity index (χ0v) is 10.8. The second kappa shape index (κ2) is 5.88. The van der Waals surface area contributed by atoms with Gasteiger partial charge in [-0.1, -0.05) is 24.3 Å². The quantitative estimate of drug-likeness (QED) is 0.525. The number of nitro groups is 1. The highest BCUT2D eigenvalue weighted by atomic mass is 16.6. The Morgan fingerprint density at radius 2 is 1.70 bits per heavy atom. The number of phenolic OH excluding ortho intramolecular Hbond substituents is 1. The van der Waals surface area contributed by atoms with Gasteiger partial charge in [-0.2, -0.15) is 0 Å². The molecule has 102 valence electrons. The van der Waals surface area contributed by atoms with E-state index in [0.717, 1.165) is 11.3 Å². The van der Waals surface area contributed by atoms with Crippen LogP contribution in [0.5, 0.6) is 11.5 Å². The first-order valence-corrected chi connectivity index (χ1v) is 5.89. The van der Waals surface area contributed by atoms with Gasteiger partial charge in [0.05, 0.1) is 12.0 Å². The minimum absolute atomic E-state index is 0.299. The van der Waals surface area contributed by atoms with E-state index in [1.165, 1.54) is 12.1 Å². The van der Waals surface area contributed by atoms with Gasteiger partial charge < -0.3 is 9.84 Å². The van der Waals surface area contributed by atoms with Gasteiger partial charge >= 0.3 is 5.69 Å². The number of nitrogens with zero attached hydrogens (tertiary/aromatic N) is 1. The molecule has 2 rings (SSSR count). The van der Waals surface area contributed by atoms with E-state index in [2.05, 4.69) is 0 Å². The topological polar surface area (TPSA) is 72.6 Å². The van der Waals surface area contributed by atoms with Crippen LogP contribution in [0.1, 0.15) is 11.1 Å². The van der Waals surface area contributed by atoms with E-state index in [0.29, 0.717) is 5.56 Å². The van der Waals surface area contributed by atoms with Crippen LogP contribution >= 0.6 is 0 Å². The predicted molar refractivity (Wildman–Crippen MR) is 76.7 cm³/mol. The number of methoxy groups -OCH3 is 1. The lowest BCUT2D eigenvalue weighted by atomic mass is 10.1. The maximum absolute atomic E-state index is 10.6. The average Bonchev–Trinajstić information content (AvgIpc) is 2.45. The Balaban J connectivity index is 2.18. The number of hydrogen-bond acceptors (Lipinski definition) is 4. The highest BCUT2D eigenvalue weighted by Gasteiger charge is 2.11. The van der Waals surface area contributed by atoms with Crippen molar-refractivity contribution >= 4 is 17.8 Å². The first-order valence-electron chi connectivity index (χ1n) is 5.89. The van der Waals surface area contributed by atoms with Gasteiger partial charge in [-0.3, -0.25) is 10.1 Å². The maximum Gasteiger partial charge on any atom is 0.310 e. The standard InChI is InChI=1S/C15H13NO4/c1-20-13-7-4-11(5-8-13)2-3-12-6-9-14(16(18)19)15(17)10-12/h2-10,17H,1H3/b3-2+. The van der Waals surface area contributed by atoms with E-state index < -0.39 is 4.92 Å². The third-order valence-electron chi connectivity index (χ3n) is 2.78. The Kier molecular flexibility index (Phi) is 4.00. The maximum atomic E-state index is 10.6. The van der Waals surface area contributed by atoms with Gasteiger partial charge in [-0.15, -0.1) is 0 Å². The number of benzene rings is 2. The summed E-state index contributed by atoms with van der Waals surface area (Å²) in [7, 11) is 1.60. The molecule has 0 saturated heterocycles. The third-order valence-corrected chi connectivity index (χ3v) is 2.78. The molecule has 5 heteroatoms. The fourth-order valence-corrected chi connectivity index (χ4v) is 1.71. The van der Waals surface area contributed by atoms with Crippen LogP contribution in [0.25, 0.3) is 12.2 Å². The summed E-state index contributed by atoms with van der Waals surface area (Å²) in [4.78, 5) is 9.97. The van der Waals surface area contributed by atoms with E-state index in [1.807, 2.05) is 30.3 Å². The number of ether oxygens (including phenoxy) is 1. The summed E-state index contributed by atoms with van der Waals surface area (Å²) in [5, 5.41) is 20.1.